The van der Waals surface area contributed by atoms with Crippen LogP contribution in [0.4, 0.5) is 0 Å². The van der Waals surface area contributed by atoms with Gasteiger partial charge in [-0.2, -0.15) is 0 Å². The quantitative estimate of drug-likeness (QED) is 0.774. The molecule has 0 bridgehead atoms. The Labute approximate surface area is 93.6 Å². The number of amides is 1. The van der Waals surface area contributed by atoms with Crippen molar-refractivity contribution in [1.82, 2.24) is 0 Å². The minimum Gasteiger partial charge on any atom is -0.369 e. The first-order chi connectivity index (χ1) is 7.16. The van der Waals surface area contributed by atoms with Gasteiger partial charge in [0.25, 0.3) is 0 Å². The van der Waals surface area contributed by atoms with Gasteiger partial charge in [-0.05, 0) is 29.1 Å². The summed E-state index contributed by atoms with van der Waals surface area (Å²) >= 11 is 1.71. The van der Waals surface area contributed by atoms with E-state index in [4.69, 9.17) is 5.73 Å². The van der Waals surface area contributed by atoms with E-state index in [-0.39, 0.29) is 5.91 Å². The van der Waals surface area contributed by atoms with Crippen LogP contribution in [-0.2, 0) is 4.79 Å². The lowest BCUT2D eigenvalue weighted by molar-refractivity contribution is -0.117. The zero-order chi connectivity index (χ0) is 10.8. The van der Waals surface area contributed by atoms with Gasteiger partial charge in [-0.25, -0.2) is 0 Å². The third kappa shape index (κ3) is 2.23. The van der Waals surface area contributed by atoms with Crippen LogP contribution in [0.5, 0.6) is 0 Å². The summed E-state index contributed by atoms with van der Waals surface area (Å²) in [5.41, 5.74) is 7.76. The Morgan fingerprint density at radius 1 is 1.53 bits per heavy atom. The van der Waals surface area contributed by atoms with E-state index >= 15 is 0 Å². The normalized spacial score (nSPS) is 23.8. The summed E-state index contributed by atoms with van der Waals surface area (Å²) in [7, 11) is 0. The highest BCUT2D eigenvalue weighted by Gasteiger charge is 2.21. The van der Waals surface area contributed by atoms with Crippen molar-refractivity contribution in [1.29, 1.82) is 0 Å². The lowest BCUT2D eigenvalue weighted by Gasteiger charge is -2.24. The van der Waals surface area contributed by atoms with Crippen LogP contribution in [0, 0.1) is 0 Å². The fraction of sp³-hybridized carbons (Fsp3) is 0.250. The zero-order valence-electron chi connectivity index (χ0n) is 8.57. The third-order valence-electron chi connectivity index (χ3n) is 2.44. The van der Waals surface area contributed by atoms with Gasteiger partial charge in [-0.1, -0.05) is 24.3 Å². The van der Waals surface area contributed by atoms with Crippen LogP contribution in [0.25, 0.3) is 0 Å². The number of hydrogen-bond acceptors (Lipinski definition) is 2. The topological polar surface area (TPSA) is 43.1 Å². The number of rotatable bonds is 2. The molecule has 0 aromatic heterocycles. The maximum atomic E-state index is 10.9. The molecule has 0 fully saturated rings. The molecule has 2 rings (SSSR count). The van der Waals surface area contributed by atoms with Crippen LogP contribution < -0.4 is 5.73 Å². The van der Waals surface area contributed by atoms with Crippen LogP contribution in [-0.4, -0.2) is 11.2 Å². The van der Waals surface area contributed by atoms with E-state index in [2.05, 4.69) is 25.2 Å². The molecule has 1 aliphatic heterocycles. The van der Waals surface area contributed by atoms with Crippen molar-refractivity contribution < 1.29 is 4.79 Å². The Hall–Kier alpha value is -1.22. The summed E-state index contributed by atoms with van der Waals surface area (Å²) in [5.74, 6) is -0.264. The SMILES string of the molecule is CC1=C2C=CC=CC2SC(CC(N)=O)=C1. The first kappa shape index (κ1) is 10.3. The molecule has 0 radical (unpaired) electrons. The van der Waals surface area contributed by atoms with Crippen LogP contribution in [0.3, 0.4) is 0 Å². The van der Waals surface area contributed by atoms with Crippen molar-refractivity contribution in [2.45, 2.75) is 18.6 Å². The van der Waals surface area contributed by atoms with E-state index in [0.717, 1.165) is 4.91 Å². The number of hydrogen-bond donors (Lipinski definition) is 1. The fourth-order valence-corrected chi connectivity index (χ4v) is 3.13. The van der Waals surface area contributed by atoms with Crippen LogP contribution in [0.2, 0.25) is 0 Å². The van der Waals surface area contributed by atoms with Crippen molar-refractivity contribution in [3.63, 3.8) is 0 Å². The van der Waals surface area contributed by atoms with Crippen molar-refractivity contribution in [3.05, 3.63) is 46.4 Å². The minimum atomic E-state index is -0.264. The summed E-state index contributed by atoms with van der Waals surface area (Å²) < 4.78 is 0. The van der Waals surface area contributed by atoms with Gasteiger partial charge in [0.2, 0.25) is 5.91 Å². The average Bonchev–Trinajstić information content (AvgIpc) is 2.16. The van der Waals surface area contributed by atoms with E-state index in [1.807, 2.05) is 12.2 Å². The smallest absolute Gasteiger partial charge is 0.222 e. The maximum Gasteiger partial charge on any atom is 0.222 e. The maximum absolute atomic E-state index is 10.9. The second-order valence-corrected chi connectivity index (χ2v) is 4.94. The molecule has 0 saturated heterocycles. The number of thioether (sulfide) groups is 1. The van der Waals surface area contributed by atoms with Crippen LogP contribution in [0.1, 0.15) is 13.3 Å². The van der Waals surface area contributed by atoms with Gasteiger partial charge in [0.05, 0.1) is 11.7 Å². The van der Waals surface area contributed by atoms with Gasteiger partial charge in [-0.15, -0.1) is 11.8 Å². The number of carbonyl (C=O) groups is 1. The molecule has 78 valence electrons. The number of allylic oxidation sites excluding steroid dienone is 5. The standard InChI is InChI=1S/C12H13NOS/c1-8-6-9(7-12(13)14)15-11-5-3-2-4-10(8)11/h2-6,11H,7H2,1H3,(H2,13,14). The first-order valence-corrected chi connectivity index (χ1v) is 5.76. The Morgan fingerprint density at radius 3 is 3.07 bits per heavy atom. The van der Waals surface area contributed by atoms with Gasteiger partial charge in [0.15, 0.2) is 0 Å². The Bertz CT molecular complexity index is 415. The molecule has 1 heterocycles. The van der Waals surface area contributed by atoms with Crippen molar-refractivity contribution in [2.75, 3.05) is 0 Å². The second-order valence-electron chi connectivity index (χ2n) is 3.67. The van der Waals surface area contributed by atoms with Crippen molar-refractivity contribution in [2.24, 2.45) is 5.73 Å². The molecule has 1 amide bonds. The molecule has 2 nitrogen and oxygen atoms in total. The molecule has 3 heteroatoms. The monoisotopic (exact) mass is 219 g/mol. The molecule has 0 aromatic carbocycles. The fourth-order valence-electron chi connectivity index (χ4n) is 1.77. The van der Waals surface area contributed by atoms with E-state index < -0.39 is 0 Å². The lowest BCUT2D eigenvalue weighted by Crippen LogP contribution is -2.15. The van der Waals surface area contributed by atoms with Crippen molar-refractivity contribution >= 4 is 17.7 Å². The molecule has 1 aliphatic carbocycles. The van der Waals surface area contributed by atoms with E-state index in [1.165, 1.54) is 11.1 Å². The largest absolute Gasteiger partial charge is 0.369 e. The highest BCUT2D eigenvalue weighted by atomic mass is 32.2. The molecule has 2 aliphatic rings. The molecular formula is C12H13NOS. The number of nitrogens with two attached hydrogens (primary N) is 1. The first-order valence-electron chi connectivity index (χ1n) is 4.88. The third-order valence-corrected chi connectivity index (χ3v) is 3.67. The van der Waals surface area contributed by atoms with Crippen molar-refractivity contribution in [3.8, 4) is 0 Å². The summed E-state index contributed by atoms with van der Waals surface area (Å²) in [5, 5.41) is 0.356. The zero-order valence-corrected chi connectivity index (χ0v) is 9.38. The van der Waals surface area contributed by atoms with Gasteiger partial charge in [-0.3, -0.25) is 4.79 Å². The molecular weight excluding hydrogens is 206 g/mol. The number of fused-ring (bicyclic) bond motifs is 1. The second kappa shape index (κ2) is 4.11. The summed E-state index contributed by atoms with van der Waals surface area (Å²) in [6.45, 7) is 2.08. The molecule has 2 N–H and O–H groups in total. The van der Waals surface area contributed by atoms with Crippen LogP contribution >= 0.6 is 11.8 Å². The Balaban J connectivity index is 2.27. The molecule has 0 aromatic rings. The molecule has 1 unspecified atom stereocenters. The molecule has 0 spiro atoms. The van der Waals surface area contributed by atoms with Gasteiger partial charge in [0, 0.05) is 0 Å². The molecule has 0 saturated carbocycles. The van der Waals surface area contributed by atoms with Gasteiger partial charge < -0.3 is 5.73 Å². The molecule has 15 heavy (non-hydrogen) atoms. The highest BCUT2D eigenvalue weighted by Crippen LogP contribution is 2.38. The minimum absolute atomic E-state index is 0.264. The summed E-state index contributed by atoms with van der Waals surface area (Å²) in [6, 6.07) is 0. The molecule has 1 atom stereocenters. The average molecular weight is 219 g/mol. The van der Waals surface area contributed by atoms with Gasteiger partial charge in [0.1, 0.15) is 0 Å². The predicted molar refractivity (Wildman–Crippen MR) is 64.3 cm³/mol. The van der Waals surface area contributed by atoms with Crippen LogP contribution in [0.15, 0.2) is 46.4 Å². The number of carbonyl (C=O) groups excluding carboxylic acids is 1. The van der Waals surface area contributed by atoms with Gasteiger partial charge >= 0.3 is 0 Å². The Kier molecular flexibility index (Phi) is 2.82. The Morgan fingerprint density at radius 2 is 2.33 bits per heavy atom. The van der Waals surface area contributed by atoms with E-state index in [0.29, 0.717) is 11.7 Å². The summed E-state index contributed by atoms with van der Waals surface area (Å²) in [4.78, 5) is 11.9. The number of primary amides is 1. The lowest BCUT2D eigenvalue weighted by atomic mass is 10.0. The van der Waals surface area contributed by atoms with E-state index in [9.17, 15) is 4.79 Å². The summed E-state index contributed by atoms with van der Waals surface area (Å²) in [6.07, 6.45) is 10.8. The van der Waals surface area contributed by atoms with E-state index in [1.54, 1.807) is 11.8 Å². The predicted octanol–water partition coefficient (Wildman–Crippen LogP) is 2.30. The highest BCUT2D eigenvalue weighted by molar-refractivity contribution is 8.04.